The number of rotatable bonds is 11. The Balaban J connectivity index is 0.00000300. The lowest BCUT2D eigenvalue weighted by Gasteiger charge is -2.26. The van der Waals surface area contributed by atoms with Gasteiger partial charge in [-0.15, -0.1) is 34.2 Å². The molecule has 1 aliphatic carbocycles. The fourth-order valence-corrected chi connectivity index (χ4v) is 2.99. The van der Waals surface area contributed by atoms with Crippen molar-refractivity contribution >= 4 is 29.9 Å². The average Bonchev–Trinajstić information content (AvgIpc) is 3.49. The van der Waals surface area contributed by atoms with Crippen molar-refractivity contribution in [2.75, 3.05) is 59.2 Å². The SMILES string of the molecule is Cc1nnc(CN=C(NCCCOCC2CC2)NCCN2CCOCC2)n1C.I. The van der Waals surface area contributed by atoms with E-state index in [0.717, 1.165) is 89.1 Å². The fourth-order valence-electron chi connectivity index (χ4n) is 2.99. The summed E-state index contributed by atoms with van der Waals surface area (Å²) in [5.74, 6) is 3.39. The summed E-state index contributed by atoms with van der Waals surface area (Å²) >= 11 is 0. The van der Waals surface area contributed by atoms with E-state index in [1.807, 2.05) is 18.5 Å². The van der Waals surface area contributed by atoms with Gasteiger partial charge in [0.1, 0.15) is 12.4 Å². The van der Waals surface area contributed by atoms with Crippen LogP contribution < -0.4 is 10.6 Å². The molecular weight excluding hydrogens is 485 g/mol. The molecule has 0 aromatic carbocycles. The maximum Gasteiger partial charge on any atom is 0.191 e. The number of morpholine rings is 1. The zero-order valence-electron chi connectivity index (χ0n) is 17.7. The van der Waals surface area contributed by atoms with Gasteiger partial charge in [-0.2, -0.15) is 0 Å². The molecular formula is C19H36IN7O2. The van der Waals surface area contributed by atoms with E-state index in [-0.39, 0.29) is 24.0 Å². The Morgan fingerprint density at radius 1 is 1.21 bits per heavy atom. The molecule has 166 valence electrons. The van der Waals surface area contributed by atoms with Crippen molar-refractivity contribution in [3.8, 4) is 0 Å². The Morgan fingerprint density at radius 3 is 2.66 bits per heavy atom. The number of hydrogen-bond donors (Lipinski definition) is 2. The number of nitrogens with zero attached hydrogens (tertiary/aromatic N) is 5. The van der Waals surface area contributed by atoms with Crippen molar-refractivity contribution in [2.24, 2.45) is 18.0 Å². The fraction of sp³-hybridized carbons (Fsp3) is 0.842. The van der Waals surface area contributed by atoms with E-state index in [0.29, 0.717) is 6.54 Å². The van der Waals surface area contributed by atoms with Crippen LogP contribution in [0.5, 0.6) is 0 Å². The molecule has 0 amide bonds. The van der Waals surface area contributed by atoms with Crippen molar-refractivity contribution in [3.63, 3.8) is 0 Å². The third-order valence-electron chi connectivity index (χ3n) is 5.19. The average molecular weight is 521 g/mol. The lowest BCUT2D eigenvalue weighted by Crippen LogP contribution is -2.44. The van der Waals surface area contributed by atoms with E-state index < -0.39 is 0 Å². The number of ether oxygens (including phenoxy) is 2. The molecule has 1 saturated heterocycles. The van der Waals surface area contributed by atoms with Crippen LogP contribution in [-0.4, -0.2) is 84.8 Å². The molecule has 0 spiro atoms. The van der Waals surface area contributed by atoms with Crippen molar-refractivity contribution in [2.45, 2.75) is 32.7 Å². The van der Waals surface area contributed by atoms with Crippen LogP contribution in [0, 0.1) is 12.8 Å². The molecule has 1 aliphatic heterocycles. The van der Waals surface area contributed by atoms with Crippen LogP contribution in [0.1, 0.15) is 30.9 Å². The number of aryl methyl sites for hydroxylation is 1. The predicted molar refractivity (Wildman–Crippen MR) is 124 cm³/mol. The van der Waals surface area contributed by atoms with Crippen molar-refractivity contribution in [1.82, 2.24) is 30.3 Å². The molecule has 1 aromatic rings. The Hall–Kier alpha value is -0.980. The summed E-state index contributed by atoms with van der Waals surface area (Å²) < 4.78 is 13.1. The Morgan fingerprint density at radius 2 is 1.97 bits per heavy atom. The molecule has 1 aromatic heterocycles. The molecule has 2 aliphatic rings. The summed E-state index contributed by atoms with van der Waals surface area (Å²) in [5, 5.41) is 15.1. The highest BCUT2D eigenvalue weighted by atomic mass is 127. The number of hydrogen-bond acceptors (Lipinski definition) is 6. The smallest absolute Gasteiger partial charge is 0.191 e. The Kier molecular flexibility index (Phi) is 11.2. The van der Waals surface area contributed by atoms with Crippen molar-refractivity contribution in [3.05, 3.63) is 11.6 Å². The first-order valence-corrected chi connectivity index (χ1v) is 10.5. The lowest BCUT2D eigenvalue weighted by molar-refractivity contribution is 0.0389. The molecule has 3 rings (SSSR count). The highest BCUT2D eigenvalue weighted by molar-refractivity contribution is 14.0. The van der Waals surface area contributed by atoms with E-state index in [1.165, 1.54) is 12.8 Å². The van der Waals surface area contributed by atoms with Crippen LogP contribution in [0.4, 0.5) is 0 Å². The molecule has 2 fully saturated rings. The molecule has 1 saturated carbocycles. The molecule has 0 bridgehead atoms. The first kappa shape index (κ1) is 24.3. The van der Waals surface area contributed by atoms with Gasteiger partial charge < -0.3 is 24.7 Å². The quantitative estimate of drug-likeness (QED) is 0.194. The monoisotopic (exact) mass is 521 g/mol. The lowest BCUT2D eigenvalue weighted by atomic mass is 10.4. The van der Waals surface area contributed by atoms with Gasteiger partial charge in [0.25, 0.3) is 0 Å². The number of guanidine groups is 1. The minimum atomic E-state index is 0. The van der Waals surface area contributed by atoms with Crippen LogP contribution >= 0.6 is 24.0 Å². The predicted octanol–water partition coefficient (Wildman–Crippen LogP) is 0.926. The highest BCUT2D eigenvalue weighted by Crippen LogP contribution is 2.28. The van der Waals surface area contributed by atoms with Gasteiger partial charge in [0, 0.05) is 53.0 Å². The minimum absolute atomic E-state index is 0. The first-order valence-electron chi connectivity index (χ1n) is 10.5. The first-order chi connectivity index (χ1) is 13.7. The summed E-state index contributed by atoms with van der Waals surface area (Å²) in [6.45, 7) is 10.5. The maximum absolute atomic E-state index is 5.71. The second-order valence-electron chi connectivity index (χ2n) is 7.57. The number of aromatic nitrogens is 3. The summed E-state index contributed by atoms with van der Waals surface area (Å²) in [6, 6.07) is 0. The van der Waals surface area contributed by atoms with Crippen LogP contribution in [0.2, 0.25) is 0 Å². The Labute approximate surface area is 191 Å². The van der Waals surface area contributed by atoms with E-state index in [4.69, 9.17) is 14.5 Å². The summed E-state index contributed by atoms with van der Waals surface area (Å²) in [6.07, 6.45) is 3.65. The van der Waals surface area contributed by atoms with Gasteiger partial charge in [-0.3, -0.25) is 4.90 Å². The molecule has 0 atom stereocenters. The van der Waals surface area contributed by atoms with Crippen molar-refractivity contribution < 1.29 is 9.47 Å². The van der Waals surface area contributed by atoms with Gasteiger partial charge in [0.15, 0.2) is 11.8 Å². The largest absolute Gasteiger partial charge is 0.381 e. The molecule has 0 unspecified atom stereocenters. The second kappa shape index (κ2) is 13.3. The summed E-state index contributed by atoms with van der Waals surface area (Å²) in [7, 11) is 1.97. The Bertz CT molecular complexity index is 616. The molecule has 29 heavy (non-hydrogen) atoms. The van der Waals surface area contributed by atoms with Crippen molar-refractivity contribution in [1.29, 1.82) is 0 Å². The summed E-state index contributed by atoms with van der Waals surface area (Å²) in [4.78, 5) is 7.10. The van der Waals surface area contributed by atoms with Crippen LogP contribution in [0.25, 0.3) is 0 Å². The molecule has 9 nitrogen and oxygen atoms in total. The highest BCUT2D eigenvalue weighted by Gasteiger charge is 2.20. The molecule has 2 N–H and O–H groups in total. The van der Waals surface area contributed by atoms with Gasteiger partial charge in [-0.1, -0.05) is 0 Å². The molecule has 2 heterocycles. The number of nitrogens with one attached hydrogen (secondary N) is 2. The van der Waals surface area contributed by atoms with Crippen LogP contribution in [-0.2, 0) is 23.1 Å². The van der Waals surface area contributed by atoms with E-state index in [1.54, 1.807) is 0 Å². The maximum atomic E-state index is 5.71. The van der Waals surface area contributed by atoms with Gasteiger partial charge >= 0.3 is 0 Å². The van der Waals surface area contributed by atoms with Crippen LogP contribution in [0.15, 0.2) is 4.99 Å². The second-order valence-corrected chi connectivity index (χ2v) is 7.57. The standard InChI is InChI=1S/C19H35N7O2.HI/c1-16-23-24-18(25(16)2)14-22-19(20-6-3-11-28-15-17-4-5-17)21-7-8-26-9-12-27-13-10-26;/h17H,3-15H2,1-2H3,(H2,20,21,22);1H. The minimum Gasteiger partial charge on any atom is -0.381 e. The third-order valence-corrected chi connectivity index (χ3v) is 5.19. The molecule has 0 radical (unpaired) electrons. The summed E-state index contributed by atoms with van der Waals surface area (Å²) in [5.41, 5.74) is 0. The zero-order valence-corrected chi connectivity index (χ0v) is 20.1. The number of halogens is 1. The molecule has 10 heteroatoms. The van der Waals surface area contributed by atoms with Gasteiger partial charge in [0.2, 0.25) is 0 Å². The van der Waals surface area contributed by atoms with Gasteiger partial charge in [0.05, 0.1) is 13.2 Å². The number of aliphatic imine (C=N–C) groups is 1. The van der Waals surface area contributed by atoms with Gasteiger partial charge in [-0.05, 0) is 32.1 Å². The van der Waals surface area contributed by atoms with E-state index in [2.05, 4.69) is 25.7 Å². The third kappa shape index (κ3) is 9.14. The normalized spacial score (nSPS) is 17.8. The van der Waals surface area contributed by atoms with E-state index >= 15 is 0 Å². The topological polar surface area (TPSA) is 88.8 Å². The van der Waals surface area contributed by atoms with E-state index in [9.17, 15) is 0 Å². The van der Waals surface area contributed by atoms with Crippen LogP contribution in [0.3, 0.4) is 0 Å². The van der Waals surface area contributed by atoms with Gasteiger partial charge in [-0.25, -0.2) is 4.99 Å². The zero-order chi connectivity index (χ0) is 19.6.